The summed E-state index contributed by atoms with van der Waals surface area (Å²) in [6.45, 7) is 0.355. The van der Waals surface area contributed by atoms with Crippen LogP contribution < -0.4 is 10.1 Å². The van der Waals surface area contributed by atoms with E-state index in [4.69, 9.17) is 9.15 Å². The summed E-state index contributed by atoms with van der Waals surface area (Å²) in [5.74, 6) is 0.273. The summed E-state index contributed by atoms with van der Waals surface area (Å²) < 4.78 is 24.4. The fraction of sp³-hybridized carbons (Fsp3) is 0.167. The standard InChI is InChI=1S/C18H16FN3O3S/c1-24-15-9-5-2-6-12(15)10-20-16(23)11-26-18-22-21-17(25-18)13-7-3-4-8-14(13)19/h2-9H,10-11H2,1H3,(H,20,23). The van der Waals surface area contributed by atoms with Gasteiger partial charge in [-0.25, -0.2) is 4.39 Å². The predicted octanol–water partition coefficient (Wildman–Crippen LogP) is 3.29. The van der Waals surface area contributed by atoms with Crippen molar-refractivity contribution in [2.75, 3.05) is 12.9 Å². The van der Waals surface area contributed by atoms with Crippen molar-refractivity contribution in [1.82, 2.24) is 15.5 Å². The van der Waals surface area contributed by atoms with Crippen LogP contribution in [0.4, 0.5) is 4.39 Å². The number of halogens is 1. The lowest BCUT2D eigenvalue weighted by atomic mass is 10.2. The molecule has 1 heterocycles. The summed E-state index contributed by atoms with van der Waals surface area (Å²) in [6, 6.07) is 13.6. The van der Waals surface area contributed by atoms with Crippen LogP contribution in [0.15, 0.2) is 58.2 Å². The van der Waals surface area contributed by atoms with Crippen molar-refractivity contribution < 1.29 is 18.3 Å². The number of amides is 1. The van der Waals surface area contributed by atoms with Crippen LogP contribution in [0.25, 0.3) is 11.5 Å². The molecule has 0 saturated heterocycles. The number of hydrogen-bond acceptors (Lipinski definition) is 6. The van der Waals surface area contributed by atoms with Gasteiger partial charge in [0.05, 0.1) is 18.4 Å². The number of para-hydroxylation sites is 1. The van der Waals surface area contributed by atoms with Crippen LogP contribution in [0, 0.1) is 5.82 Å². The zero-order valence-corrected chi connectivity index (χ0v) is 14.8. The van der Waals surface area contributed by atoms with Crippen molar-refractivity contribution in [3.63, 3.8) is 0 Å². The van der Waals surface area contributed by atoms with Gasteiger partial charge in [0.2, 0.25) is 5.91 Å². The maximum atomic E-state index is 13.7. The first-order valence-corrected chi connectivity index (χ1v) is 8.75. The van der Waals surface area contributed by atoms with E-state index < -0.39 is 5.82 Å². The summed E-state index contributed by atoms with van der Waals surface area (Å²) in [6.07, 6.45) is 0. The minimum atomic E-state index is -0.442. The van der Waals surface area contributed by atoms with Gasteiger partial charge in [-0.3, -0.25) is 4.79 Å². The molecule has 6 nitrogen and oxygen atoms in total. The average Bonchev–Trinajstić information content (AvgIpc) is 3.14. The van der Waals surface area contributed by atoms with Gasteiger partial charge in [-0.1, -0.05) is 42.1 Å². The molecule has 3 rings (SSSR count). The third-order valence-corrected chi connectivity index (χ3v) is 4.32. The van der Waals surface area contributed by atoms with Crippen molar-refractivity contribution in [1.29, 1.82) is 0 Å². The molecule has 0 fully saturated rings. The highest BCUT2D eigenvalue weighted by Crippen LogP contribution is 2.25. The number of carbonyl (C=O) groups excluding carboxylic acids is 1. The van der Waals surface area contributed by atoms with Gasteiger partial charge in [-0.05, 0) is 18.2 Å². The van der Waals surface area contributed by atoms with E-state index in [0.29, 0.717) is 12.3 Å². The second-order valence-corrected chi connectivity index (χ2v) is 6.16. The number of methoxy groups -OCH3 is 1. The molecule has 1 N–H and O–H groups in total. The number of thioether (sulfide) groups is 1. The third kappa shape index (κ3) is 4.40. The normalized spacial score (nSPS) is 10.5. The molecule has 0 aliphatic carbocycles. The van der Waals surface area contributed by atoms with Crippen LogP contribution in [0.1, 0.15) is 5.56 Å². The van der Waals surface area contributed by atoms with Crippen LogP contribution >= 0.6 is 11.8 Å². The van der Waals surface area contributed by atoms with Crippen molar-refractivity contribution in [2.24, 2.45) is 0 Å². The number of carbonyl (C=O) groups is 1. The number of nitrogens with zero attached hydrogens (tertiary/aromatic N) is 2. The Labute approximate surface area is 153 Å². The minimum absolute atomic E-state index is 0.0834. The quantitative estimate of drug-likeness (QED) is 0.641. The predicted molar refractivity (Wildman–Crippen MR) is 95.3 cm³/mol. The van der Waals surface area contributed by atoms with E-state index in [1.54, 1.807) is 25.3 Å². The molecule has 3 aromatic rings. The smallest absolute Gasteiger partial charge is 0.277 e. The third-order valence-electron chi connectivity index (χ3n) is 3.51. The van der Waals surface area contributed by atoms with E-state index >= 15 is 0 Å². The number of aromatic nitrogens is 2. The Morgan fingerprint density at radius 2 is 1.96 bits per heavy atom. The lowest BCUT2D eigenvalue weighted by Gasteiger charge is -2.08. The zero-order chi connectivity index (χ0) is 18.4. The average molecular weight is 373 g/mol. The van der Waals surface area contributed by atoms with E-state index in [0.717, 1.165) is 17.3 Å². The molecule has 2 aromatic carbocycles. The molecule has 0 spiro atoms. The molecule has 0 saturated carbocycles. The first-order valence-electron chi connectivity index (χ1n) is 7.77. The fourth-order valence-corrected chi connectivity index (χ4v) is 2.83. The fourth-order valence-electron chi connectivity index (χ4n) is 2.23. The van der Waals surface area contributed by atoms with Gasteiger partial charge in [0.15, 0.2) is 0 Å². The molecule has 1 amide bonds. The molecular formula is C18H16FN3O3S. The van der Waals surface area contributed by atoms with Crippen LogP contribution in [0.5, 0.6) is 5.75 Å². The Bertz CT molecular complexity index is 901. The Morgan fingerprint density at radius 3 is 2.77 bits per heavy atom. The second kappa shape index (κ2) is 8.48. The lowest BCUT2D eigenvalue weighted by molar-refractivity contribution is -0.118. The van der Waals surface area contributed by atoms with E-state index in [9.17, 15) is 9.18 Å². The lowest BCUT2D eigenvalue weighted by Crippen LogP contribution is -2.24. The Hall–Kier alpha value is -2.87. The number of benzene rings is 2. The van der Waals surface area contributed by atoms with Crippen molar-refractivity contribution in [2.45, 2.75) is 11.8 Å². The highest BCUT2D eigenvalue weighted by atomic mass is 32.2. The first kappa shape index (κ1) is 17.9. The molecule has 1 aromatic heterocycles. The molecule has 0 radical (unpaired) electrons. The topological polar surface area (TPSA) is 77.2 Å². The number of ether oxygens (including phenoxy) is 1. The highest BCUT2D eigenvalue weighted by molar-refractivity contribution is 7.99. The van der Waals surface area contributed by atoms with Gasteiger partial charge < -0.3 is 14.5 Å². The van der Waals surface area contributed by atoms with Crippen LogP contribution in [0.3, 0.4) is 0 Å². The van der Waals surface area contributed by atoms with E-state index in [2.05, 4.69) is 15.5 Å². The maximum absolute atomic E-state index is 13.7. The number of rotatable bonds is 7. The van der Waals surface area contributed by atoms with Gasteiger partial charge in [0.25, 0.3) is 11.1 Å². The number of nitrogens with one attached hydrogen (secondary N) is 1. The molecule has 0 aliphatic rings. The van der Waals surface area contributed by atoms with E-state index in [-0.39, 0.29) is 28.3 Å². The largest absolute Gasteiger partial charge is 0.496 e. The first-order chi connectivity index (χ1) is 12.7. The molecule has 8 heteroatoms. The summed E-state index contributed by atoms with van der Waals surface area (Å²) in [5.41, 5.74) is 1.11. The van der Waals surface area contributed by atoms with Crippen molar-refractivity contribution in [3.05, 3.63) is 59.9 Å². The van der Waals surface area contributed by atoms with Crippen LogP contribution in [-0.2, 0) is 11.3 Å². The molecule has 0 atom stereocenters. The van der Waals surface area contributed by atoms with Gasteiger partial charge in [0, 0.05) is 12.1 Å². The number of hydrogen-bond donors (Lipinski definition) is 1. The monoisotopic (exact) mass is 373 g/mol. The summed E-state index contributed by atoms with van der Waals surface area (Å²) in [5, 5.41) is 10.7. The Kier molecular flexibility index (Phi) is 5.85. The highest BCUT2D eigenvalue weighted by Gasteiger charge is 2.14. The van der Waals surface area contributed by atoms with Gasteiger partial charge in [-0.15, -0.1) is 10.2 Å². The van der Waals surface area contributed by atoms with Crippen LogP contribution in [0.2, 0.25) is 0 Å². The molecule has 134 valence electrons. The maximum Gasteiger partial charge on any atom is 0.277 e. The SMILES string of the molecule is COc1ccccc1CNC(=O)CSc1nnc(-c2ccccc2F)o1. The van der Waals surface area contributed by atoms with Gasteiger partial charge in [-0.2, -0.15) is 0 Å². The van der Waals surface area contributed by atoms with Crippen molar-refractivity contribution in [3.8, 4) is 17.2 Å². The van der Waals surface area contributed by atoms with Gasteiger partial charge in [0.1, 0.15) is 11.6 Å². The van der Waals surface area contributed by atoms with E-state index in [1.165, 1.54) is 6.07 Å². The van der Waals surface area contributed by atoms with Crippen molar-refractivity contribution >= 4 is 17.7 Å². The molecule has 26 heavy (non-hydrogen) atoms. The second-order valence-electron chi connectivity index (χ2n) is 5.23. The summed E-state index contributed by atoms with van der Waals surface area (Å²) >= 11 is 1.09. The van der Waals surface area contributed by atoms with Gasteiger partial charge >= 0.3 is 0 Å². The Morgan fingerprint density at radius 1 is 1.19 bits per heavy atom. The molecule has 0 aliphatic heterocycles. The molecule has 0 unspecified atom stereocenters. The minimum Gasteiger partial charge on any atom is -0.496 e. The summed E-state index contributed by atoms with van der Waals surface area (Å²) in [4.78, 5) is 12.0. The Balaban J connectivity index is 1.53. The molecule has 0 bridgehead atoms. The summed E-state index contributed by atoms with van der Waals surface area (Å²) in [7, 11) is 1.58. The zero-order valence-electron chi connectivity index (χ0n) is 13.9. The van der Waals surface area contributed by atoms with Crippen LogP contribution in [-0.4, -0.2) is 29.0 Å². The molecular weight excluding hydrogens is 357 g/mol. The van der Waals surface area contributed by atoms with E-state index in [1.807, 2.05) is 24.3 Å².